The molecule has 0 aliphatic carbocycles. The Bertz CT molecular complexity index is 541. The Kier molecular flexibility index (Phi) is 8.53. The molecule has 1 atom stereocenters. The van der Waals surface area contributed by atoms with Gasteiger partial charge in [-0.3, -0.25) is 4.79 Å². The van der Waals surface area contributed by atoms with E-state index in [1.54, 1.807) is 19.1 Å². The Morgan fingerprint density at radius 3 is 2.67 bits per heavy atom. The molecule has 134 valence electrons. The summed E-state index contributed by atoms with van der Waals surface area (Å²) in [4.78, 5) is 22.4. The van der Waals surface area contributed by atoms with Gasteiger partial charge in [-0.05, 0) is 37.5 Å². The fourth-order valence-electron chi connectivity index (χ4n) is 2.16. The molecule has 1 aromatic carbocycles. The van der Waals surface area contributed by atoms with Crippen molar-refractivity contribution >= 4 is 11.9 Å². The highest BCUT2D eigenvalue weighted by atomic mass is 19.3. The van der Waals surface area contributed by atoms with Gasteiger partial charge in [0.1, 0.15) is 5.75 Å². The first-order valence-electron chi connectivity index (χ1n) is 7.76. The quantitative estimate of drug-likeness (QED) is 0.570. The highest BCUT2D eigenvalue weighted by Gasteiger charge is 2.11. The van der Waals surface area contributed by atoms with Crippen molar-refractivity contribution in [3.05, 3.63) is 29.8 Å². The summed E-state index contributed by atoms with van der Waals surface area (Å²) < 4.78 is 28.8. The molecular weight excluding hydrogens is 320 g/mol. The molecule has 0 saturated carbocycles. The van der Waals surface area contributed by atoms with E-state index in [1.807, 2.05) is 0 Å². The number of ether oxygens (including phenoxy) is 1. The van der Waals surface area contributed by atoms with Gasteiger partial charge >= 0.3 is 12.6 Å². The van der Waals surface area contributed by atoms with Crippen LogP contribution in [0.4, 0.5) is 13.6 Å². The minimum Gasteiger partial charge on any atom is -0.435 e. The maximum absolute atomic E-state index is 12.2. The summed E-state index contributed by atoms with van der Waals surface area (Å²) in [5, 5.41) is 5.29. The second-order valence-electron chi connectivity index (χ2n) is 5.34. The molecule has 24 heavy (non-hydrogen) atoms. The van der Waals surface area contributed by atoms with Crippen molar-refractivity contribution in [3.63, 3.8) is 0 Å². The van der Waals surface area contributed by atoms with Crippen molar-refractivity contribution in [3.8, 4) is 5.75 Å². The van der Waals surface area contributed by atoms with Gasteiger partial charge in [0.15, 0.2) is 0 Å². The first-order valence-corrected chi connectivity index (χ1v) is 7.76. The average Bonchev–Trinajstić information content (AvgIpc) is 2.50. The Hall–Kier alpha value is -2.38. The van der Waals surface area contributed by atoms with Crippen LogP contribution in [0.25, 0.3) is 0 Å². The van der Waals surface area contributed by atoms with Crippen molar-refractivity contribution in [2.24, 2.45) is 5.73 Å². The molecular formula is C16H23F2N3O3. The van der Waals surface area contributed by atoms with Crippen molar-refractivity contribution in [2.45, 2.75) is 45.3 Å². The number of benzene rings is 1. The van der Waals surface area contributed by atoms with Crippen molar-refractivity contribution in [1.29, 1.82) is 0 Å². The Morgan fingerprint density at radius 2 is 2.00 bits per heavy atom. The van der Waals surface area contributed by atoms with Crippen LogP contribution in [0.3, 0.4) is 0 Å². The van der Waals surface area contributed by atoms with E-state index in [9.17, 15) is 18.4 Å². The predicted molar refractivity (Wildman–Crippen MR) is 85.7 cm³/mol. The summed E-state index contributed by atoms with van der Waals surface area (Å²) in [5.74, 6) is -0.0592. The molecule has 0 unspecified atom stereocenters. The van der Waals surface area contributed by atoms with E-state index in [0.717, 1.165) is 12.8 Å². The minimum absolute atomic E-state index is 0.0607. The first-order chi connectivity index (χ1) is 11.4. The Labute approximate surface area is 139 Å². The van der Waals surface area contributed by atoms with Crippen LogP contribution >= 0.6 is 0 Å². The zero-order valence-corrected chi connectivity index (χ0v) is 13.6. The normalized spacial score (nSPS) is 11.8. The number of nitrogens with two attached hydrogens (primary N) is 1. The minimum atomic E-state index is -2.88. The number of carbonyl (C=O) groups is 2. The highest BCUT2D eigenvalue weighted by molar-refractivity contribution is 5.76. The van der Waals surface area contributed by atoms with Crippen LogP contribution in [-0.2, 0) is 4.79 Å². The predicted octanol–water partition coefficient (Wildman–Crippen LogP) is 2.69. The molecule has 1 rings (SSSR count). The van der Waals surface area contributed by atoms with Crippen LogP contribution < -0.4 is 21.1 Å². The van der Waals surface area contributed by atoms with E-state index in [0.29, 0.717) is 24.9 Å². The van der Waals surface area contributed by atoms with Crippen molar-refractivity contribution in [1.82, 2.24) is 10.6 Å². The number of nitrogens with one attached hydrogen (secondary N) is 2. The molecule has 0 bridgehead atoms. The molecule has 0 aromatic heterocycles. The summed E-state index contributed by atoms with van der Waals surface area (Å²) in [6.45, 7) is -0.616. The van der Waals surface area contributed by atoms with Crippen LogP contribution in [0.5, 0.6) is 5.75 Å². The first kappa shape index (κ1) is 19.7. The Morgan fingerprint density at radius 1 is 1.25 bits per heavy atom. The molecule has 8 heteroatoms. The maximum atomic E-state index is 12.2. The number of hydrogen-bond donors (Lipinski definition) is 3. The number of urea groups is 1. The van der Waals surface area contributed by atoms with Gasteiger partial charge in [0.05, 0.1) is 6.04 Å². The number of unbranched alkanes of at least 4 members (excludes halogenated alkanes) is 2. The van der Waals surface area contributed by atoms with E-state index in [2.05, 4.69) is 15.4 Å². The molecule has 0 heterocycles. The van der Waals surface area contributed by atoms with E-state index in [4.69, 9.17) is 5.73 Å². The number of rotatable bonds is 10. The van der Waals surface area contributed by atoms with Gasteiger partial charge in [-0.15, -0.1) is 0 Å². The van der Waals surface area contributed by atoms with Gasteiger partial charge in [0, 0.05) is 13.0 Å². The standard InChI is InChI=1S/C16H23F2N3O3/c1-11(12-6-5-7-13(10-12)24-15(17)18)21-14(22)8-3-2-4-9-20-16(19)23/h5-7,10-11,15H,2-4,8-9H2,1H3,(H,21,22)(H3,19,20,23)/t11-/m1/s1. The molecule has 3 amide bonds. The van der Waals surface area contributed by atoms with E-state index in [1.165, 1.54) is 12.1 Å². The van der Waals surface area contributed by atoms with Crippen LogP contribution in [0, 0.1) is 0 Å². The molecule has 1 aromatic rings. The zero-order chi connectivity index (χ0) is 17.9. The lowest BCUT2D eigenvalue weighted by Crippen LogP contribution is -2.30. The molecule has 0 saturated heterocycles. The molecule has 0 spiro atoms. The Balaban J connectivity index is 2.32. The van der Waals surface area contributed by atoms with Gasteiger partial charge in [0.25, 0.3) is 0 Å². The SMILES string of the molecule is C[C@@H](NC(=O)CCCCCNC(N)=O)c1cccc(OC(F)F)c1. The molecule has 0 aliphatic heterocycles. The van der Waals surface area contributed by atoms with Gasteiger partial charge in [-0.1, -0.05) is 18.6 Å². The lowest BCUT2D eigenvalue weighted by Gasteiger charge is -2.15. The summed E-state index contributed by atoms with van der Waals surface area (Å²) in [5.41, 5.74) is 5.63. The highest BCUT2D eigenvalue weighted by Crippen LogP contribution is 2.20. The number of amides is 3. The van der Waals surface area contributed by atoms with E-state index < -0.39 is 12.6 Å². The zero-order valence-electron chi connectivity index (χ0n) is 13.6. The number of primary amides is 1. The molecule has 4 N–H and O–H groups in total. The largest absolute Gasteiger partial charge is 0.435 e. The summed E-state index contributed by atoms with van der Waals surface area (Å²) in [7, 11) is 0. The molecule has 0 fully saturated rings. The fourth-order valence-corrected chi connectivity index (χ4v) is 2.16. The summed E-state index contributed by atoms with van der Waals surface area (Å²) in [6, 6.07) is 5.38. The average molecular weight is 343 g/mol. The van der Waals surface area contributed by atoms with E-state index in [-0.39, 0.29) is 17.7 Å². The van der Waals surface area contributed by atoms with Gasteiger partial charge in [-0.25, -0.2) is 4.79 Å². The lowest BCUT2D eigenvalue weighted by molar-refractivity contribution is -0.121. The van der Waals surface area contributed by atoms with Crippen LogP contribution in [0.1, 0.15) is 44.2 Å². The number of hydrogen-bond acceptors (Lipinski definition) is 3. The molecule has 0 radical (unpaired) electrons. The fraction of sp³-hybridized carbons (Fsp3) is 0.500. The molecule has 6 nitrogen and oxygen atoms in total. The molecule has 0 aliphatic rings. The van der Waals surface area contributed by atoms with Crippen LogP contribution in [0.15, 0.2) is 24.3 Å². The topological polar surface area (TPSA) is 93.5 Å². The van der Waals surface area contributed by atoms with Crippen molar-refractivity contribution < 1.29 is 23.1 Å². The summed E-state index contributed by atoms with van der Waals surface area (Å²) >= 11 is 0. The lowest BCUT2D eigenvalue weighted by atomic mass is 10.1. The van der Waals surface area contributed by atoms with Gasteiger partial charge < -0.3 is 21.1 Å². The smallest absolute Gasteiger partial charge is 0.387 e. The third kappa shape index (κ3) is 8.30. The van der Waals surface area contributed by atoms with Gasteiger partial charge in [0.2, 0.25) is 5.91 Å². The van der Waals surface area contributed by atoms with E-state index >= 15 is 0 Å². The summed E-state index contributed by atoms with van der Waals surface area (Å²) in [6.07, 6.45) is 2.58. The van der Waals surface area contributed by atoms with Crippen molar-refractivity contribution in [2.75, 3.05) is 6.54 Å². The van der Waals surface area contributed by atoms with Crippen LogP contribution in [-0.4, -0.2) is 25.1 Å². The number of halogens is 2. The maximum Gasteiger partial charge on any atom is 0.387 e. The second kappa shape index (κ2) is 10.4. The number of carbonyl (C=O) groups excluding carboxylic acids is 2. The van der Waals surface area contributed by atoms with Gasteiger partial charge in [-0.2, -0.15) is 8.78 Å². The third-order valence-electron chi connectivity index (χ3n) is 3.34. The second-order valence-corrected chi connectivity index (χ2v) is 5.34. The number of alkyl halides is 2. The third-order valence-corrected chi connectivity index (χ3v) is 3.34. The monoisotopic (exact) mass is 343 g/mol. The van der Waals surface area contributed by atoms with Crippen LogP contribution in [0.2, 0.25) is 0 Å².